The molecule has 2 saturated heterocycles. The van der Waals surface area contributed by atoms with Crippen LogP contribution < -0.4 is 0 Å². The molecule has 13 nitrogen and oxygen atoms in total. The second-order valence-corrected chi connectivity index (χ2v) is 16.7. The van der Waals surface area contributed by atoms with Gasteiger partial charge in [0.25, 0.3) is 0 Å². The Hall–Kier alpha value is -1.49. The van der Waals surface area contributed by atoms with Crippen LogP contribution in [0.4, 0.5) is 0 Å². The van der Waals surface area contributed by atoms with Gasteiger partial charge in [-0.25, -0.2) is 29.4 Å². The molecule has 0 radical (unpaired) electrons. The summed E-state index contributed by atoms with van der Waals surface area (Å²) in [6.07, 6.45) is 5.07. The third-order valence-corrected chi connectivity index (χ3v) is 15.6. The molecule has 2 bridgehead atoms. The molecular formula is C19H33N3O10Si3. The topological polar surface area (TPSA) is 175 Å². The Labute approximate surface area is 207 Å². The highest BCUT2D eigenvalue weighted by molar-refractivity contribution is 6.80. The summed E-state index contributed by atoms with van der Waals surface area (Å²) in [5.74, 6) is 0. The van der Waals surface area contributed by atoms with Gasteiger partial charge in [0.1, 0.15) is 0 Å². The molecule has 2 heterocycles. The first-order chi connectivity index (χ1) is 16.7. The van der Waals surface area contributed by atoms with Gasteiger partial charge in [-0.2, -0.15) is 0 Å². The van der Waals surface area contributed by atoms with E-state index in [1.807, 2.05) is 13.8 Å². The van der Waals surface area contributed by atoms with Gasteiger partial charge >= 0.3 is 26.4 Å². The van der Waals surface area contributed by atoms with Gasteiger partial charge in [-0.1, -0.05) is 0 Å². The summed E-state index contributed by atoms with van der Waals surface area (Å²) in [7, 11) is -11.7. The van der Waals surface area contributed by atoms with Crippen molar-refractivity contribution < 1.29 is 45.5 Å². The molecule has 0 amide bonds. The van der Waals surface area contributed by atoms with Crippen molar-refractivity contribution in [2.24, 2.45) is 15.0 Å². The molecule has 35 heavy (non-hydrogen) atoms. The van der Waals surface area contributed by atoms with E-state index in [9.17, 15) is 24.0 Å². The van der Waals surface area contributed by atoms with Gasteiger partial charge in [-0.15, -0.1) is 0 Å². The lowest BCUT2D eigenvalue weighted by atomic mass is 10.1. The molecule has 0 aromatic heterocycles. The number of hydrogen-bond donors (Lipinski definition) is 2. The zero-order chi connectivity index (χ0) is 25.8. The summed E-state index contributed by atoms with van der Waals surface area (Å²) in [5, 5.41) is 0. The van der Waals surface area contributed by atoms with Crippen LogP contribution in [0.5, 0.6) is 0 Å². The van der Waals surface area contributed by atoms with E-state index < -0.39 is 26.4 Å². The molecule has 4 atom stereocenters. The van der Waals surface area contributed by atoms with Crippen LogP contribution in [0.15, 0.2) is 15.0 Å². The number of fused-ring (bicyclic) bond motifs is 2. The Morgan fingerprint density at radius 1 is 0.714 bits per heavy atom. The lowest BCUT2D eigenvalue weighted by molar-refractivity contribution is -0.0501. The largest absolute Gasteiger partial charge is 0.491 e. The molecule has 2 rings (SSSR count). The highest BCUT2D eigenvalue weighted by Gasteiger charge is 2.60. The van der Waals surface area contributed by atoms with Crippen molar-refractivity contribution in [2.75, 3.05) is 19.6 Å². The van der Waals surface area contributed by atoms with Crippen LogP contribution in [0, 0.1) is 0 Å². The molecule has 2 aliphatic rings. The average molecular weight is 548 g/mol. The third-order valence-electron chi connectivity index (χ3n) is 5.41. The van der Waals surface area contributed by atoms with E-state index >= 15 is 0 Å². The maximum atomic E-state index is 11.4. The SMILES string of the molecule is CC1CC2CC(C)O[Si](O)(CCCN=C=O)O[Si](CCCN=C=O)(O2)O[Si](O)(CCCN=C=O)O1. The smallest absolute Gasteiger partial charge is 0.390 e. The van der Waals surface area contributed by atoms with Gasteiger partial charge in [0.2, 0.25) is 18.2 Å². The van der Waals surface area contributed by atoms with Crippen molar-refractivity contribution in [1.82, 2.24) is 0 Å². The van der Waals surface area contributed by atoms with E-state index in [1.54, 1.807) is 0 Å². The number of hydrogen-bond acceptors (Lipinski definition) is 13. The van der Waals surface area contributed by atoms with Gasteiger partial charge in [-0.05, 0) is 46.0 Å². The van der Waals surface area contributed by atoms with Crippen molar-refractivity contribution in [2.45, 2.75) is 82.4 Å². The van der Waals surface area contributed by atoms with Gasteiger partial charge in [0.15, 0.2) is 0 Å². The van der Waals surface area contributed by atoms with Crippen molar-refractivity contribution in [3.63, 3.8) is 0 Å². The maximum absolute atomic E-state index is 11.4. The van der Waals surface area contributed by atoms with Crippen molar-refractivity contribution in [3.8, 4) is 0 Å². The second-order valence-electron chi connectivity index (χ2n) is 8.61. The fourth-order valence-corrected chi connectivity index (χ4v) is 15.3. The summed E-state index contributed by atoms with van der Waals surface area (Å²) in [4.78, 5) is 64.8. The summed E-state index contributed by atoms with van der Waals surface area (Å²) in [6, 6.07) is 0.326. The van der Waals surface area contributed by atoms with Crippen molar-refractivity contribution >= 4 is 44.7 Å². The Bertz CT molecular complexity index is 787. The van der Waals surface area contributed by atoms with E-state index in [0.29, 0.717) is 32.1 Å². The van der Waals surface area contributed by atoms with Crippen LogP contribution in [0.3, 0.4) is 0 Å². The third kappa shape index (κ3) is 10.2. The van der Waals surface area contributed by atoms with Gasteiger partial charge in [-0.3, -0.25) is 0 Å². The lowest BCUT2D eigenvalue weighted by Crippen LogP contribution is -2.67. The second kappa shape index (κ2) is 14.3. The minimum absolute atomic E-state index is 0.0897. The molecule has 4 unspecified atom stereocenters. The van der Waals surface area contributed by atoms with Crippen molar-refractivity contribution in [1.29, 1.82) is 0 Å². The molecule has 0 aromatic carbocycles. The molecule has 2 aliphatic heterocycles. The van der Waals surface area contributed by atoms with Crippen LogP contribution in [-0.4, -0.2) is 92.2 Å². The normalized spacial score (nSPS) is 35.1. The van der Waals surface area contributed by atoms with E-state index in [4.69, 9.17) is 21.5 Å². The maximum Gasteiger partial charge on any atom is 0.491 e. The minimum atomic E-state index is -3.92. The highest BCUT2D eigenvalue weighted by atomic mass is 28.5. The molecular weight excluding hydrogens is 514 g/mol. The molecule has 2 fully saturated rings. The molecule has 2 N–H and O–H groups in total. The molecule has 0 aliphatic carbocycles. The molecule has 16 heteroatoms. The predicted octanol–water partition coefficient (Wildman–Crippen LogP) is 1.00. The Morgan fingerprint density at radius 3 is 1.51 bits per heavy atom. The van der Waals surface area contributed by atoms with Crippen LogP contribution in [0.1, 0.15) is 46.0 Å². The van der Waals surface area contributed by atoms with Gasteiger partial charge in [0.05, 0.1) is 25.7 Å². The average Bonchev–Trinajstić information content (AvgIpc) is 2.75. The first kappa shape index (κ1) is 29.7. The molecule has 0 spiro atoms. The number of isocyanates is 3. The Kier molecular flexibility index (Phi) is 12.2. The fraction of sp³-hybridized carbons (Fsp3) is 0.842. The van der Waals surface area contributed by atoms with Crippen LogP contribution in [-0.2, 0) is 35.9 Å². The van der Waals surface area contributed by atoms with Crippen LogP contribution in [0.2, 0.25) is 18.1 Å². The standard InChI is InChI=1S/C19H33N3O10Si3/c1-17-12-19-13-18(2)29-34(27,10-4-7-21-15-24)32-35(30-19,11-5-8-22-16-25)31-33(26,28-17)9-3-6-20-14-23/h17-19,26-27H,3-13H2,1-2H3. The summed E-state index contributed by atoms with van der Waals surface area (Å²) < 4.78 is 31.0. The molecule has 196 valence electrons. The van der Waals surface area contributed by atoms with Crippen LogP contribution in [0.25, 0.3) is 0 Å². The van der Waals surface area contributed by atoms with Crippen LogP contribution >= 0.6 is 0 Å². The Balaban J connectivity index is 2.39. The molecule has 0 saturated carbocycles. The quantitative estimate of drug-likeness (QED) is 0.155. The van der Waals surface area contributed by atoms with Crippen molar-refractivity contribution in [3.05, 3.63) is 0 Å². The van der Waals surface area contributed by atoms with E-state index in [0.717, 1.165) is 0 Å². The monoisotopic (exact) mass is 547 g/mol. The minimum Gasteiger partial charge on any atom is -0.390 e. The summed E-state index contributed by atoms with van der Waals surface area (Å²) >= 11 is 0. The fourth-order valence-electron chi connectivity index (χ4n) is 4.17. The lowest BCUT2D eigenvalue weighted by Gasteiger charge is -2.47. The number of aliphatic imine (C=N–C) groups is 3. The Morgan fingerprint density at radius 2 is 1.11 bits per heavy atom. The van der Waals surface area contributed by atoms with Gasteiger partial charge in [0, 0.05) is 30.3 Å². The molecule has 0 aromatic rings. The zero-order valence-corrected chi connectivity index (χ0v) is 23.0. The first-order valence-electron chi connectivity index (χ1n) is 11.7. The number of rotatable bonds is 12. The number of carbonyl (C=O) groups excluding carboxylic acids is 3. The first-order valence-corrected chi connectivity index (χ1v) is 17.5. The summed E-state index contributed by atoms with van der Waals surface area (Å²) in [5.41, 5.74) is 0. The van der Waals surface area contributed by atoms with Gasteiger partial charge < -0.3 is 31.1 Å². The zero-order valence-electron chi connectivity index (χ0n) is 20.0. The number of nitrogens with zero attached hydrogens (tertiary/aromatic N) is 3. The summed E-state index contributed by atoms with van der Waals surface area (Å²) in [6.45, 7) is 4.04. The highest BCUT2D eigenvalue weighted by Crippen LogP contribution is 2.37. The van der Waals surface area contributed by atoms with E-state index in [2.05, 4.69) is 15.0 Å². The predicted molar refractivity (Wildman–Crippen MR) is 126 cm³/mol. The van der Waals surface area contributed by atoms with E-state index in [1.165, 1.54) is 18.2 Å². The van der Waals surface area contributed by atoms with E-state index in [-0.39, 0.29) is 56.1 Å².